The second-order valence-corrected chi connectivity index (χ2v) is 4.50. The van der Waals surface area contributed by atoms with E-state index in [0.717, 1.165) is 0 Å². The van der Waals surface area contributed by atoms with Crippen molar-refractivity contribution >= 4 is 5.52 Å². The van der Waals surface area contributed by atoms with Crippen LogP contribution in [0.2, 0.25) is 0 Å². The Balaban J connectivity index is 2.72. The molecule has 2 aromatic heterocycles. The largest absolute Gasteiger partial charge is 0.492 e. The molecule has 15 heavy (non-hydrogen) atoms. The predicted octanol–water partition coefficient (Wildman–Crippen LogP) is 1.87. The molecule has 5 heteroatoms. The van der Waals surface area contributed by atoms with Crippen LogP contribution >= 0.6 is 0 Å². The number of halogens is 1. The number of fused-ring (bicyclic) bond motifs is 1. The summed E-state index contributed by atoms with van der Waals surface area (Å²) >= 11 is 0. The summed E-state index contributed by atoms with van der Waals surface area (Å²) in [6.45, 7) is 5.77. The van der Waals surface area contributed by atoms with Crippen molar-refractivity contribution in [2.75, 3.05) is 0 Å². The lowest BCUT2D eigenvalue weighted by Gasteiger charge is -2.16. The fourth-order valence-corrected chi connectivity index (χ4v) is 1.27. The number of rotatable bonds is 0. The summed E-state index contributed by atoms with van der Waals surface area (Å²) in [5.41, 5.74) is -0.00706. The minimum Gasteiger partial charge on any atom is -0.492 e. The quantitative estimate of drug-likeness (QED) is 0.720. The Morgan fingerprint density at radius 2 is 2.07 bits per heavy atom. The summed E-state index contributed by atoms with van der Waals surface area (Å²) < 4.78 is 14.2. The number of hydrogen-bond acceptors (Lipinski definition) is 3. The van der Waals surface area contributed by atoms with Crippen molar-refractivity contribution in [1.29, 1.82) is 0 Å². The van der Waals surface area contributed by atoms with Gasteiger partial charge in [0.2, 0.25) is 5.88 Å². The first-order valence-electron chi connectivity index (χ1n) is 4.63. The molecule has 2 rings (SSSR count). The van der Waals surface area contributed by atoms with Gasteiger partial charge in [0, 0.05) is 11.5 Å². The second-order valence-electron chi connectivity index (χ2n) is 4.50. The summed E-state index contributed by atoms with van der Waals surface area (Å²) in [6.07, 6.45) is 1.21. The lowest BCUT2D eigenvalue weighted by molar-refractivity contribution is 0.433. The van der Waals surface area contributed by atoms with Crippen molar-refractivity contribution < 1.29 is 9.50 Å². The predicted molar refractivity (Wildman–Crippen MR) is 53.3 cm³/mol. The second kappa shape index (κ2) is 2.92. The van der Waals surface area contributed by atoms with Gasteiger partial charge in [0.1, 0.15) is 11.3 Å². The van der Waals surface area contributed by atoms with E-state index < -0.39 is 5.82 Å². The van der Waals surface area contributed by atoms with Crippen LogP contribution < -0.4 is 0 Å². The van der Waals surface area contributed by atoms with Crippen LogP contribution in [0.1, 0.15) is 26.6 Å². The zero-order chi connectivity index (χ0) is 11.2. The molecule has 0 aliphatic heterocycles. The first-order valence-corrected chi connectivity index (χ1v) is 4.63. The normalized spacial score (nSPS) is 12.3. The van der Waals surface area contributed by atoms with Gasteiger partial charge in [0.05, 0.1) is 6.20 Å². The monoisotopic (exact) mass is 209 g/mol. The van der Waals surface area contributed by atoms with E-state index in [1.165, 1.54) is 16.8 Å². The Morgan fingerprint density at radius 3 is 2.67 bits per heavy atom. The molecule has 0 unspecified atom stereocenters. The van der Waals surface area contributed by atoms with Gasteiger partial charge >= 0.3 is 0 Å². The number of aromatic nitrogens is 3. The number of hydrogen-bond donors (Lipinski definition) is 1. The molecule has 0 saturated carbocycles. The average Bonchev–Trinajstić information content (AvgIpc) is 2.44. The molecule has 0 bridgehead atoms. The van der Waals surface area contributed by atoms with Gasteiger partial charge in [-0.2, -0.15) is 10.1 Å². The van der Waals surface area contributed by atoms with Crippen LogP contribution in [-0.4, -0.2) is 19.7 Å². The Kier molecular flexibility index (Phi) is 1.92. The Bertz CT molecular complexity index is 513. The van der Waals surface area contributed by atoms with Crippen molar-refractivity contribution in [3.05, 3.63) is 23.9 Å². The first-order chi connectivity index (χ1) is 6.88. The van der Waals surface area contributed by atoms with E-state index >= 15 is 0 Å². The van der Waals surface area contributed by atoms with Gasteiger partial charge in [0.25, 0.3) is 0 Å². The van der Waals surface area contributed by atoms with Crippen molar-refractivity contribution in [1.82, 2.24) is 14.6 Å². The van der Waals surface area contributed by atoms with E-state index in [0.29, 0.717) is 5.82 Å². The Hall–Kier alpha value is -1.65. The Morgan fingerprint density at radius 1 is 1.40 bits per heavy atom. The van der Waals surface area contributed by atoms with E-state index in [-0.39, 0.29) is 16.8 Å². The molecule has 2 heterocycles. The van der Waals surface area contributed by atoms with Crippen LogP contribution in [0.4, 0.5) is 4.39 Å². The highest BCUT2D eigenvalue weighted by atomic mass is 19.1. The third-order valence-corrected chi connectivity index (χ3v) is 2.08. The van der Waals surface area contributed by atoms with Gasteiger partial charge < -0.3 is 5.11 Å². The molecule has 0 saturated heterocycles. The molecule has 0 fully saturated rings. The van der Waals surface area contributed by atoms with Gasteiger partial charge in [-0.15, -0.1) is 0 Å². The highest BCUT2D eigenvalue weighted by Gasteiger charge is 2.20. The molecular formula is C10H12FN3O. The third-order valence-electron chi connectivity index (χ3n) is 2.08. The molecule has 2 aromatic rings. The zero-order valence-electron chi connectivity index (χ0n) is 8.82. The van der Waals surface area contributed by atoms with Gasteiger partial charge in [-0.1, -0.05) is 20.8 Å². The fraction of sp³-hybridized carbons (Fsp3) is 0.400. The molecule has 0 amide bonds. The van der Waals surface area contributed by atoms with Gasteiger partial charge in [-0.05, 0) is 0 Å². The van der Waals surface area contributed by atoms with E-state index in [1.54, 1.807) is 0 Å². The maximum Gasteiger partial charge on any atom is 0.239 e. The lowest BCUT2D eigenvalue weighted by Crippen LogP contribution is -2.17. The summed E-state index contributed by atoms with van der Waals surface area (Å²) in [6, 6.07) is 1.20. The van der Waals surface area contributed by atoms with Crippen molar-refractivity contribution in [3.63, 3.8) is 0 Å². The van der Waals surface area contributed by atoms with Crippen LogP contribution in [0.5, 0.6) is 5.88 Å². The van der Waals surface area contributed by atoms with Crippen molar-refractivity contribution in [3.8, 4) is 5.88 Å². The summed E-state index contributed by atoms with van der Waals surface area (Å²) in [5, 5.41) is 13.7. The summed E-state index contributed by atoms with van der Waals surface area (Å²) in [4.78, 5) is 3.94. The number of aromatic hydroxyl groups is 1. The minimum absolute atomic E-state index is 0.196. The van der Waals surface area contributed by atoms with Gasteiger partial charge in [-0.3, -0.25) is 0 Å². The average molecular weight is 209 g/mol. The molecule has 1 N–H and O–H groups in total. The van der Waals surface area contributed by atoms with Crippen molar-refractivity contribution in [2.45, 2.75) is 26.2 Å². The smallest absolute Gasteiger partial charge is 0.239 e. The number of nitrogens with zero attached hydrogens (tertiary/aromatic N) is 3. The maximum absolute atomic E-state index is 12.9. The van der Waals surface area contributed by atoms with Gasteiger partial charge in [0.15, 0.2) is 5.82 Å². The minimum atomic E-state index is -0.439. The SMILES string of the molecule is CC(C)(C)c1nc(O)c2cc(F)cn2n1. The standard InChI is InChI=1S/C10H12FN3O/c1-10(2,3)9-12-8(15)7-4-6(11)5-14(7)13-9/h4-5H,1-3H3,(H,12,13,15). The summed E-state index contributed by atoms with van der Waals surface area (Å²) in [7, 11) is 0. The fourth-order valence-electron chi connectivity index (χ4n) is 1.27. The molecule has 0 aromatic carbocycles. The van der Waals surface area contributed by atoms with Gasteiger partial charge in [-0.25, -0.2) is 8.91 Å². The molecule has 0 aliphatic rings. The molecule has 0 atom stereocenters. The van der Waals surface area contributed by atoms with Crippen molar-refractivity contribution in [2.24, 2.45) is 0 Å². The lowest BCUT2D eigenvalue weighted by atomic mass is 9.96. The Labute approximate surface area is 86.4 Å². The molecule has 0 radical (unpaired) electrons. The van der Waals surface area contributed by atoms with E-state index in [9.17, 15) is 9.50 Å². The van der Waals surface area contributed by atoms with Crippen LogP contribution in [0, 0.1) is 5.82 Å². The third kappa shape index (κ3) is 1.65. The van der Waals surface area contributed by atoms with Crippen LogP contribution in [0.15, 0.2) is 12.3 Å². The summed E-state index contributed by atoms with van der Waals surface area (Å²) in [5.74, 6) is -0.160. The zero-order valence-corrected chi connectivity index (χ0v) is 8.82. The van der Waals surface area contributed by atoms with Crippen LogP contribution in [-0.2, 0) is 5.41 Å². The highest BCUT2D eigenvalue weighted by Crippen LogP contribution is 2.23. The maximum atomic E-state index is 12.9. The first kappa shape index (κ1) is 9.89. The van der Waals surface area contributed by atoms with Crippen LogP contribution in [0.3, 0.4) is 0 Å². The molecule has 0 spiro atoms. The van der Waals surface area contributed by atoms with Crippen LogP contribution in [0.25, 0.3) is 5.52 Å². The molecule has 0 aliphatic carbocycles. The topological polar surface area (TPSA) is 50.4 Å². The van der Waals surface area contributed by atoms with E-state index in [4.69, 9.17) is 0 Å². The molecule has 80 valence electrons. The van der Waals surface area contributed by atoms with E-state index in [2.05, 4.69) is 10.1 Å². The highest BCUT2D eigenvalue weighted by molar-refractivity contribution is 5.55. The molecule has 4 nitrogen and oxygen atoms in total. The van der Waals surface area contributed by atoms with E-state index in [1.807, 2.05) is 20.8 Å². The molecular weight excluding hydrogens is 197 g/mol.